The molecule has 4 unspecified atom stereocenters. The van der Waals surface area contributed by atoms with Gasteiger partial charge in [0, 0.05) is 6.42 Å². The first-order valence-corrected chi connectivity index (χ1v) is 16.9. The molecule has 0 saturated heterocycles. The molecule has 4 N–H and O–H groups in total. The first kappa shape index (κ1) is 38.0. The molecule has 10 heteroatoms. The van der Waals surface area contributed by atoms with Crippen molar-refractivity contribution in [3.8, 4) is 0 Å². The number of carbonyl (C=O) groups is 4. The molecule has 0 aliphatic heterocycles. The van der Waals surface area contributed by atoms with Crippen LogP contribution in [-0.4, -0.2) is 60.3 Å². The Morgan fingerprint density at radius 3 is 2.08 bits per heavy atom. The maximum absolute atomic E-state index is 13.6. The van der Waals surface area contributed by atoms with Crippen LogP contribution in [0, 0.1) is 11.8 Å². The number of allylic oxidation sites excluding steroid dienone is 1. The predicted octanol–water partition coefficient (Wildman–Crippen LogP) is 5.16. The number of hydrogen-bond acceptors (Lipinski definition) is 7. The fraction of sp³-hybridized carbons (Fsp3) is 0.474. The second-order valence-electron chi connectivity index (χ2n) is 12.4. The van der Waals surface area contributed by atoms with Crippen LogP contribution in [-0.2, 0) is 36.9 Å². The molecule has 3 amide bonds. The molecule has 0 heterocycles. The van der Waals surface area contributed by atoms with Crippen LogP contribution < -0.4 is 16.0 Å². The molecule has 1 aliphatic carbocycles. The lowest BCUT2D eigenvalue weighted by Crippen LogP contribution is -2.47. The maximum atomic E-state index is 13.6. The van der Waals surface area contributed by atoms with Gasteiger partial charge in [-0.1, -0.05) is 105 Å². The number of amides is 3. The number of aliphatic hydroxyl groups excluding tert-OH is 1. The minimum atomic E-state index is -1.01. The average Bonchev–Trinajstić information content (AvgIpc) is 3.10. The van der Waals surface area contributed by atoms with Gasteiger partial charge >= 0.3 is 12.1 Å². The van der Waals surface area contributed by atoms with Crippen LogP contribution in [0.1, 0.15) is 68.9 Å². The molecule has 0 bridgehead atoms. The monoisotopic (exact) mass is 661 g/mol. The zero-order valence-corrected chi connectivity index (χ0v) is 27.8. The summed E-state index contributed by atoms with van der Waals surface area (Å²) in [6, 6.07) is 16.8. The topological polar surface area (TPSA) is 143 Å². The molecular weight excluding hydrogens is 610 g/mol. The summed E-state index contributed by atoms with van der Waals surface area (Å²) in [4.78, 5) is 52.2. The Labute approximate surface area is 284 Å². The van der Waals surface area contributed by atoms with E-state index < -0.39 is 36.1 Å². The minimum Gasteiger partial charge on any atom is -0.462 e. The van der Waals surface area contributed by atoms with Crippen molar-refractivity contribution in [2.45, 2.75) is 88.9 Å². The molecule has 10 nitrogen and oxygen atoms in total. The Morgan fingerprint density at radius 1 is 0.812 bits per heavy atom. The van der Waals surface area contributed by atoms with Gasteiger partial charge < -0.3 is 30.5 Å². The van der Waals surface area contributed by atoms with Gasteiger partial charge in [0.25, 0.3) is 0 Å². The van der Waals surface area contributed by atoms with Crippen LogP contribution in [0.15, 0.2) is 86.0 Å². The largest absolute Gasteiger partial charge is 0.462 e. The van der Waals surface area contributed by atoms with E-state index in [1.54, 1.807) is 6.08 Å². The van der Waals surface area contributed by atoms with Crippen molar-refractivity contribution < 1.29 is 33.8 Å². The van der Waals surface area contributed by atoms with Gasteiger partial charge in [0.1, 0.15) is 19.3 Å². The van der Waals surface area contributed by atoms with Crippen molar-refractivity contribution in [2.75, 3.05) is 13.2 Å². The van der Waals surface area contributed by atoms with E-state index in [2.05, 4.69) is 29.1 Å². The van der Waals surface area contributed by atoms with Crippen LogP contribution in [0.25, 0.3) is 0 Å². The normalized spacial score (nSPS) is 15.5. The van der Waals surface area contributed by atoms with Crippen LogP contribution >= 0.6 is 0 Å². The predicted molar refractivity (Wildman–Crippen MR) is 185 cm³/mol. The zero-order chi connectivity index (χ0) is 34.6. The molecule has 0 aromatic heterocycles. The van der Waals surface area contributed by atoms with Gasteiger partial charge in [-0.25, -0.2) is 9.59 Å². The lowest BCUT2D eigenvalue weighted by Gasteiger charge is -2.28. The Bertz CT molecular complexity index is 1300. The third-order valence-electron chi connectivity index (χ3n) is 8.47. The van der Waals surface area contributed by atoms with Gasteiger partial charge in [-0.05, 0) is 42.7 Å². The average molecular weight is 662 g/mol. The number of hydrogen-bond donors (Lipinski definition) is 4. The summed E-state index contributed by atoms with van der Waals surface area (Å²) in [5.41, 5.74) is 1.79. The molecule has 0 radical (unpaired) electrons. The van der Waals surface area contributed by atoms with Crippen LogP contribution in [0.2, 0.25) is 0 Å². The van der Waals surface area contributed by atoms with Gasteiger partial charge in [-0.2, -0.15) is 0 Å². The highest BCUT2D eigenvalue weighted by atomic mass is 16.6. The van der Waals surface area contributed by atoms with Crippen molar-refractivity contribution in [1.82, 2.24) is 16.0 Å². The zero-order valence-electron chi connectivity index (χ0n) is 27.8. The SMILES string of the molecule is C=CCC(CC(=O)NC(CO)Cc1ccccc1)C(=O)NC(COC(=O)C(CC=C)NC(=O)OCc1ccccc1)CC1CCCCC1. The number of nitrogens with one attached hydrogen (secondary N) is 3. The van der Waals surface area contributed by atoms with Crippen LogP contribution in [0.4, 0.5) is 4.79 Å². The van der Waals surface area contributed by atoms with Gasteiger partial charge in [-0.3, -0.25) is 9.59 Å². The van der Waals surface area contributed by atoms with Crippen molar-refractivity contribution in [3.63, 3.8) is 0 Å². The third-order valence-corrected chi connectivity index (χ3v) is 8.47. The molecule has 3 rings (SSSR count). The molecule has 48 heavy (non-hydrogen) atoms. The maximum Gasteiger partial charge on any atom is 0.408 e. The van der Waals surface area contributed by atoms with Crippen molar-refractivity contribution >= 4 is 23.9 Å². The lowest BCUT2D eigenvalue weighted by atomic mass is 9.84. The standard InChI is InChI=1S/C38H51N3O7/c1-3-14-31(24-35(43)39-32(25-42)22-28-16-8-5-9-17-28)36(44)40-33(23-29-18-10-6-11-19-29)27-47-37(45)34(15-4-2)41-38(46)48-26-30-20-12-7-13-21-30/h3-5,7-9,12-13,16-17,20-21,29,31-34,42H,1-2,6,10-11,14-15,18-19,22-27H2,(H,39,43)(H,40,44)(H,41,46). The number of benzene rings is 2. The number of esters is 1. The number of carbonyl (C=O) groups excluding carboxylic acids is 4. The van der Waals surface area contributed by atoms with E-state index in [1.165, 1.54) is 12.5 Å². The van der Waals surface area contributed by atoms with Crippen molar-refractivity contribution in [1.29, 1.82) is 0 Å². The summed E-state index contributed by atoms with van der Waals surface area (Å²) < 4.78 is 10.9. The quantitative estimate of drug-likeness (QED) is 0.113. The van der Waals surface area contributed by atoms with E-state index in [4.69, 9.17) is 9.47 Å². The number of alkyl carbamates (subject to hydrolysis) is 1. The summed E-state index contributed by atoms with van der Waals surface area (Å²) in [6.45, 7) is 7.19. The van der Waals surface area contributed by atoms with Crippen LogP contribution in [0.3, 0.4) is 0 Å². The van der Waals surface area contributed by atoms with Crippen LogP contribution in [0.5, 0.6) is 0 Å². The summed E-state index contributed by atoms with van der Waals surface area (Å²) in [6.07, 6.45) is 9.19. The molecule has 1 saturated carbocycles. The summed E-state index contributed by atoms with van der Waals surface area (Å²) >= 11 is 0. The van der Waals surface area contributed by atoms with Gasteiger partial charge in [-0.15, -0.1) is 13.2 Å². The minimum absolute atomic E-state index is 0.0512. The Morgan fingerprint density at radius 2 is 1.46 bits per heavy atom. The first-order chi connectivity index (χ1) is 23.3. The lowest BCUT2D eigenvalue weighted by molar-refractivity contribution is -0.147. The highest BCUT2D eigenvalue weighted by Crippen LogP contribution is 2.28. The summed E-state index contributed by atoms with van der Waals surface area (Å²) in [5.74, 6) is -1.68. The third kappa shape index (κ3) is 14.1. The molecule has 1 aliphatic rings. The van der Waals surface area contributed by atoms with E-state index >= 15 is 0 Å². The van der Waals surface area contributed by atoms with E-state index in [0.717, 1.165) is 36.8 Å². The fourth-order valence-electron chi connectivity index (χ4n) is 5.94. The van der Waals surface area contributed by atoms with E-state index in [1.807, 2.05) is 60.7 Å². The molecule has 2 aromatic rings. The van der Waals surface area contributed by atoms with Gasteiger partial charge in [0.05, 0.1) is 24.6 Å². The highest BCUT2D eigenvalue weighted by molar-refractivity contribution is 5.86. The summed E-state index contributed by atoms with van der Waals surface area (Å²) in [5, 5.41) is 18.3. The molecule has 4 atom stereocenters. The van der Waals surface area contributed by atoms with E-state index in [9.17, 15) is 24.3 Å². The fourth-order valence-corrected chi connectivity index (χ4v) is 5.94. The molecule has 2 aromatic carbocycles. The van der Waals surface area contributed by atoms with E-state index in [-0.39, 0.29) is 50.9 Å². The number of ether oxygens (including phenoxy) is 2. The van der Waals surface area contributed by atoms with Gasteiger partial charge in [0.15, 0.2) is 0 Å². The van der Waals surface area contributed by atoms with Crippen molar-refractivity contribution in [3.05, 3.63) is 97.1 Å². The molecular formula is C38H51N3O7. The van der Waals surface area contributed by atoms with Crippen molar-refractivity contribution in [2.24, 2.45) is 11.8 Å². The summed E-state index contributed by atoms with van der Waals surface area (Å²) in [7, 11) is 0. The Balaban J connectivity index is 1.60. The number of rotatable bonds is 20. The Hall–Kier alpha value is -4.44. The second-order valence-corrected chi connectivity index (χ2v) is 12.4. The highest BCUT2D eigenvalue weighted by Gasteiger charge is 2.29. The van der Waals surface area contributed by atoms with E-state index in [0.29, 0.717) is 18.8 Å². The number of aliphatic hydroxyl groups is 1. The molecule has 0 spiro atoms. The van der Waals surface area contributed by atoms with Gasteiger partial charge in [0.2, 0.25) is 11.8 Å². The second kappa shape index (κ2) is 21.4. The Kier molecular flexibility index (Phi) is 17.0. The smallest absolute Gasteiger partial charge is 0.408 e. The first-order valence-electron chi connectivity index (χ1n) is 16.9. The molecule has 1 fully saturated rings. The molecule has 260 valence electrons.